The lowest BCUT2D eigenvalue weighted by Gasteiger charge is -2.33. The summed E-state index contributed by atoms with van der Waals surface area (Å²) in [5, 5.41) is 12.4. The lowest BCUT2D eigenvalue weighted by molar-refractivity contribution is -0.151. The monoisotopic (exact) mass is 370 g/mol. The minimum Gasteiger partial charge on any atom is -0.481 e. The third-order valence-electron chi connectivity index (χ3n) is 5.29. The van der Waals surface area contributed by atoms with E-state index < -0.39 is 11.4 Å². The number of carbonyl (C=O) groups excluding carboxylic acids is 1. The first-order valence-corrected chi connectivity index (χ1v) is 9.59. The molecular formula is C21H26N2O4. The standard InChI is InChI=1S/C21H26N2O4/c24-18(23-15-21(20(25)26)12-5-2-6-13-21)10-7-11-19-22-14-17(27-19)16-8-3-1-4-9-16/h1,3-4,8-9,14H,2,5-7,10-13,15H2,(H,23,24)(H,25,26). The van der Waals surface area contributed by atoms with Gasteiger partial charge in [0.05, 0.1) is 11.6 Å². The Morgan fingerprint density at radius 3 is 2.59 bits per heavy atom. The van der Waals surface area contributed by atoms with Gasteiger partial charge in [-0.25, -0.2) is 4.98 Å². The van der Waals surface area contributed by atoms with E-state index in [1.54, 1.807) is 6.20 Å². The maximum absolute atomic E-state index is 12.1. The Labute approximate surface area is 159 Å². The average Bonchev–Trinajstić information content (AvgIpc) is 3.17. The van der Waals surface area contributed by atoms with E-state index in [9.17, 15) is 14.7 Å². The molecule has 2 aromatic rings. The Kier molecular flexibility index (Phi) is 6.27. The molecule has 1 aromatic heterocycles. The van der Waals surface area contributed by atoms with Crippen molar-refractivity contribution in [3.05, 3.63) is 42.4 Å². The van der Waals surface area contributed by atoms with Crippen molar-refractivity contribution in [2.24, 2.45) is 5.41 Å². The van der Waals surface area contributed by atoms with Crippen molar-refractivity contribution in [3.63, 3.8) is 0 Å². The smallest absolute Gasteiger partial charge is 0.311 e. The summed E-state index contributed by atoms with van der Waals surface area (Å²) in [5.74, 6) is 0.415. The van der Waals surface area contributed by atoms with E-state index in [0.717, 1.165) is 30.6 Å². The molecule has 1 fully saturated rings. The Bertz CT molecular complexity index is 763. The molecule has 1 aliphatic rings. The highest BCUT2D eigenvalue weighted by atomic mass is 16.4. The second kappa shape index (κ2) is 8.84. The van der Waals surface area contributed by atoms with Crippen molar-refractivity contribution in [1.29, 1.82) is 0 Å². The van der Waals surface area contributed by atoms with Crippen molar-refractivity contribution in [2.45, 2.75) is 51.4 Å². The van der Waals surface area contributed by atoms with E-state index in [1.165, 1.54) is 0 Å². The molecule has 1 amide bonds. The van der Waals surface area contributed by atoms with E-state index in [4.69, 9.17) is 4.42 Å². The predicted octanol–water partition coefficient (Wildman–Crippen LogP) is 3.82. The second-order valence-electron chi connectivity index (χ2n) is 7.26. The molecule has 3 rings (SSSR count). The normalized spacial score (nSPS) is 16.0. The molecule has 1 aromatic carbocycles. The van der Waals surface area contributed by atoms with Gasteiger partial charge in [-0.3, -0.25) is 9.59 Å². The first-order chi connectivity index (χ1) is 13.1. The molecule has 0 bridgehead atoms. The average molecular weight is 370 g/mol. The molecule has 2 N–H and O–H groups in total. The molecular weight excluding hydrogens is 344 g/mol. The van der Waals surface area contributed by atoms with Crippen LogP contribution in [0.25, 0.3) is 11.3 Å². The zero-order valence-corrected chi connectivity index (χ0v) is 15.4. The van der Waals surface area contributed by atoms with Crippen LogP contribution in [0.15, 0.2) is 40.9 Å². The Morgan fingerprint density at radius 2 is 1.89 bits per heavy atom. The maximum atomic E-state index is 12.1. The number of hydrogen-bond donors (Lipinski definition) is 2. The number of nitrogens with zero attached hydrogens (tertiary/aromatic N) is 1. The Morgan fingerprint density at radius 1 is 1.15 bits per heavy atom. The van der Waals surface area contributed by atoms with Crippen molar-refractivity contribution in [3.8, 4) is 11.3 Å². The maximum Gasteiger partial charge on any atom is 0.311 e. The molecule has 1 saturated carbocycles. The molecule has 27 heavy (non-hydrogen) atoms. The summed E-state index contributed by atoms with van der Waals surface area (Å²) in [6.45, 7) is 0.221. The van der Waals surface area contributed by atoms with Gasteiger partial charge in [-0.1, -0.05) is 49.6 Å². The summed E-state index contributed by atoms with van der Waals surface area (Å²) >= 11 is 0. The first-order valence-electron chi connectivity index (χ1n) is 9.59. The lowest BCUT2D eigenvalue weighted by Crippen LogP contribution is -2.44. The van der Waals surface area contributed by atoms with Crippen LogP contribution in [0.1, 0.15) is 50.8 Å². The zero-order chi connectivity index (χ0) is 19.1. The van der Waals surface area contributed by atoms with Crippen LogP contribution in [0.2, 0.25) is 0 Å². The second-order valence-corrected chi connectivity index (χ2v) is 7.26. The lowest BCUT2D eigenvalue weighted by atomic mass is 9.74. The summed E-state index contributed by atoms with van der Waals surface area (Å²) in [4.78, 5) is 28.0. The van der Waals surface area contributed by atoms with Crippen LogP contribution in [-0.2, 0) is 16.0 Å². The third kappa shape index (κ3) is 4.96. The number of aromatic nitrogens is 1. The minimum atomic E-state index is -0.796. The number of aryl methyl sites for hydroxylation is 1. The molecule has 0 spiro atoms. The molecule has 1 aliphatic carbocycles. The number of oxazole rings is 1. The largest absolute Gasteiger partial charge is 0.481 e. The van der Waals surface area contributed by atoms with Gasteiger partial charge >= 0.3 is 5.97 Å². The fraction of sp³-hybridized carbons (Fsp3) is 0.476. The number of nitrogens with one attached hydrogen (secondary N) is 1. The molecule has 0 saturated heterocycles. The number of carboxylic acids is 1. The fourth-order valence-corrected chi connectivity index (χ4v) is 3.61. The number of aliphatic carboxylic acids is 1. The van der Waals surface area contributed by atoms with Gasteiger partial charge in [0.15, 0.2) is 11.7 Å². The van der Waals surface area contributed by atoms with Gasteiger partial charge in [-0.2, -0.15) is 0 Å². The first kappa shape index (κ1) is 19.1. The van der Waals surface area contributed by atoms with Crippen LogP contribution < -0.4 is 5.32 Å². The predicted molar refractivity (Wildman–Crippen MR) is 101 cm³/mol. The summed E-state index contributed by atoms with van der Waals surface area (Å²) in [6, 6.07) is 9.75. The minimum absolute atomic E-state index is 0.115. The Balaban J connectivity index is 1.43. The number of carboxylic acid groups (broad SMARTS) is 1. The zero-order valence-electron chi connectivity index (χ0n) is 15.4. The van der Waals surface area contributed by atoms with E-state index in [1.807, 2.05) is 30.3 Å². The molecule has 6 nitrogen and oxygen atoms in total. The van der Waals surface area contributed by atoms with Crippen LogP contribution in [0, 0.1) is 5.41 Å². The van der Waals surface area contributed by atoms with Gasteiger partial charge in [0.1, 0.15) is 0 Å². The van der Waals surface area contributed by atoms with Crippen molar-refractivity contribution < 1.29 is 19.1 Å². The Hall–Kier alpha value is -2.63. The molecule has 6 heteroatoms. The highest BCUT2D eigenvalue weighted by Gasteiger charge is 2.39. The van der Waals surface area contributed by atoms with Crippen molar-refractivity contribution in [2.75, 3.05) is 6.54 Å². The summed E-state index contributed by atoms with van der Waals surface area (Å²) < 4.78 is 5.73. The van der Waals surface area contributed by atoms with Gasteiger partial charge in [0.25, 0.3) is 0 Å². The summed E-state index contributed by atoms with van der Waals surface area (Å²) in [7, 11) is 0. The van der Waals surface area contributed by atoms with Crippen LogP contribution in [0.4, 0.5) is 0 Å². The van der Waals surface area contributed by atoms with E-state index in [2.05, 4.69) is 10.3 Å². The fourth-order valence-electron chi connectivity index (χ4n) is 3.61. The van der Waals surface area contributed by atoms with Gasteiger partial charge in [-0.05, 0) is 19.3 Å². The van der Waals surface area contributed by atoms with Crippen LogP contribution in [0.5, 0.6) is 0 Å². The summed E-state index contributed by atoms with van der Waals surface area (Å²) in [5.41, 5.74) is 0.182. The van der Waals surface area contributed by atoms with Crippen molar-refractivity contribution >= 4 is 11.9 Å². The molecule has 0 unspecified atom stereocenters. The van der Waals surface area contributed by atoms with Crippen molar-refractivity contribution in [1.82, 2.24) is 10.3 Å². The van der Waals surface area contributed by atoms with Gasteiger partial charge in [0, 0.05) is 24.9 Å². The van der Waals surface area contributed by atoms with Gasteiger partial charge in [-0.15, -0.1) is 0 Å². The van der Waals surface area contributed by atoms with E-state index in [-0.39, 0.29) is 12.5 Å². The molecule has 0 radical (unpaired) electrons. The quantitative estimate of drug-likeness (QED) is 0.737. The number of benzene rings is 1. The highest BCUT2D eigenvalue weighted by Crippen LogP contribution is 2.36. The van der Waals surface area contributed by atoms with Gasteiger partial charge in [0.2, 0.25) is 5.91 Å². The van der Waals surface area contributed by atoms with E-state index >= 15 is 0 Å². The number of carbonyl (C=O) groups is 2. The SMILES string of the molecule is O=C(CCCc1ncc(-c2ccccc2)o1)NCC1(C(=O)O)CCCCC1. The highest BCUT2D eigenvalue weighted by molar-refractivity contribution is 5.79. The van der Waals surface area contributed by atoms with Crippen LogP contribution in [-0.4, -0.2) is 28.5 Å². The molecule has 0 aliphatic heterocycles. The summed E-state index contributed by atoms with van der Waals surface area (Å²) in [6.07, 6.45) is 7.40. The van der Waals surface area contributed by atoms with Gasteiger partial charge < -0.3 is 14.8 Å². The van der Waals surface area contributed by atoms with Crippen LogP contribution in [0.3, 0.4) is 0 Å². The number of amides is 1. The van der Waals surface area contributed by atoms with E-state index in [0.29, 0.717) is 38.0 Å². The molecule has 1 heterocycles. The molecule has 144 valence electrons. The number of rotatable bonds is 8. The number of hydrogen-bond acceptors (Lipinski definition) is 4. The topological polar surface area (TPSA) is 92.4 Å². The molecule has 0 atom stereocenters. The van der Waals surface area contributed by atoms with Crippen LogP contribution >= 0.6 is 0 Å². The third-order valence-corrected chi connectivity index (χ3v) is 5.29.